The van der Waals surface area contributed by atoms with Crippen molar-refractivity contribution in [2.24, 2.45) is 0 Å². The Morgan fingerprint density at radius 3 is 2.53 bits per heavy atom. The molecule has 9 heteroatoms. The predicted molar refractivity (Wildman–Crippen MR) is 101 cm³/mol. The molecule has 6 nitrogen and oxygen atoms in total. The number of amides is 2. The van der Waals surface area contributed by atoms with E-state index in [1.165, 1.54) is 25.2 Å². The molecule has 3 rings (SSSR count). The van der Waals surface area contributed by atoms with Crippen molar-refractivity contribution in [1.82, 2.24) is 10.2 Å². The third-order valence-electron chi connectivity index (χ3n) is 4.55. The lowest BCUT2D eigenvalue weighted by Crippen LogP contribution is -2.48. The zero-order chi connectivity index (χ0) is 21.8. The molecule has 1 aliphatic rings. The maximum atomic E-state index is 14.4. The van der Waals surface area contributed by atoms with Gasteiger partial charge in [0.05, 0.1) is 23.9 Å². The SMILES string of the molecule is CCOC(=O)C1=C(COc2ccc(F)cc2F)N(C)C(=O)N[C@@H]1c1ccccc1F. The topological polar surface area (TPSA) is 67.9 Å². The third kappa shape index (κ3) is 4.24. The van der Waals surface area contributed by atoms with E-state index in [2.05, 4.69) is 5.32 Å². The summed E-state index contributed by atoms with van der Waals surface area (Å²) in [6, 6.07) is 6.68. The van der Waals surface area contributed by atoms with Crippen molar-refractivity contribution in [3.63, 3.8) is 0 Å². The molecule has 0 spiro atoms. The zero-order valence-corrected chi connectivity index (χ0v) is 16.2. The molecule has 2 aromatic rings. The number of urea groups is 1. The van der Waals surface area contributed by atoms with Crippen molar-refractivity contribution >= 4 is 12.0 Å². The number of nitrogens with zero attached hydrogens (tertiary/aromatic N) is 1. The van der Waals surface area contributed by atoms with E-state index in [4.69, 9.17) is 9.47 Å². The highest BCUT2D eigenvalue weighted by atomic mass is 19.1. The molecule has 0 fully saturated rings. The maximum absolute atomic E-state index is 14.4. The molecule has 0 aromatic heterocycles. The fourth-order valence-corrected chi connectivity index (χ4v) is 3.06. The van der Waals surface area contributed by atoms with Crippen LogP contribution in [0.5, 0.6) is 5.75 Å². The van der Waals surface area contributed by atoms with Gasteiger partial charge in [0.2, 0.25) is 0 Å². The van der Waals surface area contributed by atoms with E-state index in [0.717, 1.165) is 17.0 Å². The molecule has 0 bridgehead atoms. The second-order valence-corrected chi connectivity index (χ2v) is 6.41. The Hall–Kier alpha value is -3.49. The van der Waals surface area contributed by atoms with Gasteiger partial charge in [0.1, 0.15) is 18.2 Å². The number of ether oxygens (including phenoxy) is 2. The van der Waals surface area contributed by atoms with Crippen molar-refractivity contribution in [2.45, 2.75) is 13.0 Å². The van der Waals surface area contributed by atoms with Crippen molar-refractivity contribution in [1.29, 1.82) is 0 Å². The quantitative estimate of drug-likeness (QED) is 0.724. The number of halogens is 3. The second kappa shape index (κ2) is 8.89. The number of carbonyl (C=O) groups is 2. The number of esters is 1. The summed E-state index contributed by atoms with van der Waals surface area (Å²) in [6.45, 7) is 1.24. The lowest BCUT2D eigenvalue weighted by atomic mass is 9.94. The van der Waals surface area contributed by atoms with Gasteiger partial charge in [0.15, 0.2) is 11.6 Å². The highest BCUT2D eigenvalue weighted by Crippen LogP contribution is 2.32. The molecule has 0 aliphatic carbocycles. The van der Waals surface area contributed by atoms with Gasteiger partial charge in [-0.3, -0.25) is 4.90 Å². The number of hydrogen-bond donors (Lipinski definition) is 1. The van der Waals surface area contributed by atoms with Crippen molar-refractivity contribution in [3.05, 3.63) is 76.7 Å². The summed E-state index contributed by atoms with van der Waals surface area (Å²) in [5.74, 6) is -3.40. The Balaban J connectivity index is 2.06. The Bertz CT molecular complexity index is 1010. The Morgan fingerprint density at radius 2 is 1.87 bits per heavy atom. The third-order valence-corrected chi connectivity index (χ3v) is 4.55. The molecule has 0 saturated heterocycles. The van der Waals surface area contributed by atoms with Gasteiger partial charge < -0.3 is 14.8 Å². The molecule has 2 aromatic carbocycles. The maximum Gasteiger partial charge on any atom is 0.338 e. The second-order valence-electron chi connectivity index (χ2n) is 6.41. The van der Waals surface area contributed by atoms with Gasteiger partial charge in [-0.1, -0.05) is 18.2 Å². The largest absolute Gasteiger partial charge is 0.484 e. The summed E-state index contributed by atoms with van der Waals surface area (Å²) < 4.78 is 52.0. The molecule has 1 aliphatic heterocycles. The van der Waals surface area contributed by atoms with Crippen molar-refractivity contribution < 1.29 is 32.2 Å². The highest BCUT2D eigenvalue weighted by molar-refractivity contribution is 5.95. The smallest absolute Gasteiger partial charge is 0.338 e. The summed E-state index contributed by atoms with van der Waals surface area (Å²) in [4.78, 5) is 26.3. The molecular formula is C21H19F3N2O4. The van der Waals surface area contributed by atoms with E-state index in [9.17, 15) is 22.8 Å². The molecule has 0 unspecified atom stereocenters. The van der Waals surface area contributed by atoms with Gasteiger partial charge in [-0.2, -0.15) is 0 Å². The van der Waals surface area contributed by atoms with Crippen LogP contribution in [0.2, 0.25) is 0 Å². The van der Waals surface area contributed by atoms with Gasteiger partial charge in [-0.15, -0.1) is 0 Å². The molecule has 158 valence electrons. The van der Waals surface area contributed by atoms with Crippen LogP contribution in [0.15, 0.2) is 53.7 Å². The minimum absolute atomic E-state index is 0.0463. The average Bonchev–Trinajstić information content (AvgIpc) is 2.70. The molecular weight excluding hydrogens is 401 g/mol. The van der Waals surface area contributed by atoms with Crippen molar-refractivity contribution in [3.8, 4) is 5.75 Å². The number of hydrogen-bond acceptors (Lipinski definition) is 4. The van der Waals surface area contributed by atoms with E-state index < -0.39 is 42.1 Å². The first-order chi connectivity index (χ1) is 14.3. The number of rotatable bonds is 6. The number of carbonyl (C=O) groups excluding carboxylic acids is 2. The molecule has 0 radical (unpaired) electrons. The number of benzene rings is 2. The predicted octanol–water partition coefficient (Wildman–Crippen LogP) is 3.70. The van der Waals surface area contributed by atoms with Crippen LogP contribution < -0.4 is 10.1 Å². The van der Waals surface area contributed by atoms with Gasteiger partial charge in [-0.05, 0) is 25.1 Å². The van der Waals surface area contributed by atoms with Crippen LogP contribution in [0.25, 0.3) is 0 Å². The van der Waals surface area contributed by atoms with Crippen LogP contribution in [0.3, 0.4) is 0 Å². The van der Waals surface area contributed by atoms with Crippen LogP contribution in [-0.4, -0.2) is 37.2 Å². The average molecular weight is 420 g/mol. The lowest BCUT2D eigenvalue weighted by Gasteiger charge is -2.34. The van der Waals surface area contributed by atoms with E-state index in [-0.39, 0.29) is 29.2 Å². The monoisotopic (exact) mass is 420 g/mol. The Labute approximate surface area is 170 Å². The summed E-state index contributed by atoms with van der Waals surface area (Å²) in [7, 11) is 1.38. The van der Waals surface area contributed by atoms with Gasteiger partial charge >= 0.3 is 12.0 Å². The van der Waals surface area contributed by atoms with Crippen molar-refractivity contribution in [2.75, 3.05) is 20.3 Å². The minimum Gasteiger partial charge on any atom is -0.484 e. The van der Waals surface area contributed by atoms with Crippen LogP contribution >= 0.6 is 0 Å². The summed E-state index contributed by atoms with van der Waals surface area (Å²) >= 11 is 0. The zero-order valence-electron chi connectivity index (χ0n) is 16.2. The highest BCUT2D eigenvalue weighted by Gasteiger charge is 2.38. The molecule has 1 heterocycles. The molecule has 2 amide bonds. The summed E-state index contributed by atoms with van der Waals surface area (Å²) in [5, 5.41) is 2.57. The Kier molecular flexibility index (Phi) is 6.29. The van der Waals surface area contributed by atoms with E-state index in [1.807, 2.05) is 0 Å². The normalized spacial score (nSPS) is 16.4. The number of likely N-dealkylation sites (N-methyl/N-ethyl adjacent to an activating group) is 1. The molecule has 0 saturated carbocycles. The lowest BCUT2D eigenvalue weighted by molar-refractivity contribution is -0.139. The van der Waals surface area contributed by atoms with Crippen LogP contribution in [0.1, 0.15) is 18.5 Å². The van der Waals surface area contributed by atoms with Gasteiger partial charge in [0.25, 0.3) is 0 Å². The molecule has 1 atom stereocenters. The van der Waals surface area contributed by atoms with Gasteiger partial charge in [-0.25, -0.2) is 22.8 Å². The fraction of sp³-hybridized carbons (Fsp3) is 0.238. The first-order valence-corrected chi connectivity index (χ1v) is 9.10. The van der Waals surface area contributed by atoms with Crippen LogP contribution in [0.4, 0.5) is 18.0 Å². The van der Waals surface area contributed by atoms with Crippen LogP contribution in [0, 0.1) is 17.5 Å². The van der Waals surface area contributed by atoms with Gasteiger partial charge in [0, 0.05) is 18.7 Å². The van der Waals surface area contributed by atoms with Crippen LogP contribution in [-0.2, 0) is 9.53 Å². The first-order valence-electron chi connectivity index (χ1n) is 9.10. The number of nitrogens with one attached hydrogen (secondary N) is 1. The summed E-state index contributed by atoms with van der Waals surface area (Å²) in [5.41, 5.74) is 0.0770. The van der Waals surface area contributed by atoms with E-state index >= 15 is 0 Å². The standard InChI is InChI=1S/C21H19F3N2O4/c1-3-29-20(27)18-16(11-30-17-9-8-12(22)10-15(17)24)26(2)21(28)25-19(18)13-6-4-5-7-14(13)23/h4-10,19H,3,11H2,1-2H3,(H,25,28)/t19-/m1/s1. The molecule has 30 heavy (non-hydrogen) atoms. The minimum atomic E-state index is -1.13. The van der Waals surface area contributed by atoms with E-state index in [0.29, 0.717) is 6.07 Å². The van der Waals surface area contributed by atoms with E-state index in [1.54, 1.807) is 13.0 Å². The summed E-state index contributed by atoms with van der Waals surface area (Å²) in [6.07, 6.45) is 0. The first kappa shape index (κ1) is 21.2. The molecule has 1 N–H and O–H groups in total. The fourth-order valence-electron chi connectivity index (χ4n) is 3.06. The Morgan fingerprint density at radius 1 is 1.13 bits per heavy atom.